The summed E-state index contributed by atoms with van der Waals surface area (Å²) in [5.41, 5.74) is 0. The van der Waals surface area contributed by atoms with E-state index < -0.39 is 0 Å². The van der Waals surface area contributed by atoms with Crippen LogP contribution >= 0.6 is 22.9 Å². The fraction of sp³-hybridized carbons (Fsp3) is 0.833. The van der Waals surface area contributed by atoms with Crippen molar-refractivity contribution in [2.75, 3.05) is 0 Å². The van der Waals surface area contributed by atoms with E-state index in [9.17, 15) is 4.79 Å². The first kappa shape index (κ1) is 9.36. The summed E-state index contributed by atoms with van der Waals surface area (Å²) in [6.07, 6.45) is 2.00. The van der Waals surface area contributed by atoms with Gasteiger partial charge in [-0.05, 0) is 13.3 Å². The SMILES string of the molecule is CCCC(NI)C(C)=O. The van der Waals surface area contributed by atoms with Gasteiger partial charge in [0, 0.05) is 22.9 Å². The van der Waals surface area contributed by atoms with Crippen molar-refractivity contribution in [3.05, 3.63) is 0 Å². The number of carbonyl (C=O) groups is 1. The lowest BCUT2D eigenvalue weighted by atomic mass is 10.1. The number of nitrogens with one attached hydrogen (secondary N) is 1. The van der Waals surface area contributed by atoms with Crippen LogP contribution in [0.1, 0.15) is 26.7 Å². The maximum absolute atomic E-state index is 10.7. The maximum Gasteiger partial charge on any atom is 0.147 e. The van der Waals surface area contributed by atoms with Crippen molar-refractivity contribution < 1.29 is 4.79 Å². The first-order valence-corrected chi connectivity index (χ1v) is 4.16. The molecule has 0 saturated heterocycles. The summed E-state index contributed by atoms with van der Waals surface area (Å²) in [6.45, 7) is 3.69. The molecular weight excluding hydrogens is 229 g/mol. The summed E-state index contributed by atoms with van der Waals surface area (Å²) >= 11 is 2.02. The predicted octanol–water partition coefficient (Wildman–Crippen LogP) is 1.68. The third-order valence-electron chi connectivity index (χ3n) is 1.20. The molecule has 0 rings (SSSR count). The van der Waals surface area contributed by atoms with Gasteiger partial charge in [-0.3, -0.25) is 8.32 Å². The topological polar surface area (TPSA) is 29.1 Å². The fourth-order valence-electron chi connectivity index (χ4n) is 0.623. The molecule has 0 amide bonds. The number of halogens is 1. The van der Waals surface area contributed by atoms with Crippen molar-refractivity contribution in [3.63, 3.8) is 0 Å². The van der Waals surface area contributed by atoms with E-state index in [-0.39, 0.29) is 11.8 Å². The molecule has 0 aromatic heterocycles. The van der Waals surface area contributed by atoms with Crippen LogP contribution in [0, 0.1) is 0 Å². The number of rotatable bonds is 4. The van der Waals surface area contributed by atoms with E-state index in [0.717, 1.165) is 12.8 Å². The lowest BCUT2D eigenvalue weighted by molar-refractivity contribution is -0.118. The summed E-state index contributed by atoms with van der Waals surface area (Å²) in [4.78, 5) is 10.7. The van der Waals surface area contributed by atoms with E-state index >= 15 is 0 Å². The summed E-state index contributed by atoms with van der Waals surface area (Å²) in [6, 6.07) is 0.0654. The van der Waals surface area contributed by atoms with Gasteiger partial charge in [-0.15, -0.1) is 0 Å². The van der Waals surface area contributed by atoms with E-state index in [1.54, 1.807) is 6.92 Å². The molecule has 54 valence electrons. The number of hydrogen-bond acceptors (Lipinski definition) is 2. The van der Waals surface area contributed by atoms with Crippen LogP contribution in [0.4, 0.5) is 0 Å². The minimum absolute atomic E-state index is 0.0654. The number of hydrogen-bond donors (Lipinski definition) is 1. The highest BCUT2D eigenvalue weighted by atomic mass is 127. The van der Waals surface area contributed by atoms with Gasteiger partial charge in [0.25, 0.3) is 0 Å². The lowest BCUT2D eigenvalue weighted by Gasteiger charge is -2.07. The zero-order valence-corrected chi connectivity index (χ0v) is 7.94. The molecule has 0 spiro atoms. The smallest absolute Gasteiger partial charge is 0.147 e. The molecular formula is C6H12INO. The summed E-state index contributed by atoms with van der Waals surface area (Å²) in [5.74, 6) is 0.228. The van der Waals surface area contributed by atoms with Gasteiger partial charge in [0.2, 0.25) is 0 Å². The van der Waals surface area contributed by atoms with Gasteiger partial charge >= 0.3 is 0 Å². The van der Waals surface area contributed by atoms with Gasteiger partial charge in [0.15, 0.2) is 0 Å². The van der Waals surface area contributed by atoms with Gasteiger partial charge in [0.05, 0.1) is 6.04 Å². The van der Waals surface area contributed by atoms with Gasteiger partial charge in [-0.1, -0.05) is 13.3 Å². The van der Waals surface area contributed by atoms with Crippen molar-refractivity contribution in [1.82, 2.24) is 3.53 Å². The molecule has 0 radical (unpaired) electrons. The third-order valence-corrected chi connectivity index (χ3v) is 1.95. The molecule has 0 fully saturated rings. The molecule has 0 aromatic rings. The molecule has 0 heterocycles. The molecule has 0 aliphatic carbocycles. The normalized spacial score (nSPS) is 13.2. The molecule has 1 N–H and O–H groups in total. The molecule has 1 unspecified atom stereocenters. The number of ketones is 1. The third kappa shape index (κ3) is 3.86. The summed E-state index contributed by atoms with van der Waals surface area (Å²) in [7, 11) is 0. The van der Waals surface area contributed by atoms with Crippen molar-refractivity contribution in [2.45, 2.75) is 32.7 Å². The number of carbonyl (C=O) groups excluding carboxylic acids is 1. The van der Waals surface area contributed by atoms with Crippen LogP contribution in [-0.4, -0.2) is 11.8 Å². The van der Waals surface area contributed by atoms with E-state index in [2.05, 4.69) is 10.5 Å². The molecule has 0 aliphatic heterocycles. The maximum atomic E-state index is 10.7. The lowest BCUT2D eigenvalue weighted by Crippen LogP contribution is -2.27. The second-order valence-electron chi connectivity index (χ2n) is 2.06. The van der Waals surface area contributed by atoms with Crippen LogP contribution in [0.15, 0.2) is 0 Å². The Kier molecular flexibility index (Phi) is 5.38. The van der Waals surface area contributed by atoms with Crippen molar-refractivity contribution >= 4 is 28.6 Å². The largest absolute Gasteiger partial charge is 0.298 e. The first-order valence-electron chi connectivity index (χ1n) is 3.09. The zero-order chi connectivity index (χ0) is 7.28. The Hall–Kier alpha value is 0.360. The molecule has 9 heavy (non-hydrogen) atoms. The fourth-order valence-corrected chi connectivity index (χ4v) is 1.37. The Morgan fingerprint density at radius 1 is 1.78 bits per heavy atom. The van der Waals surface area contributed by atoms with Gasteiger partial charge in [-0.2, -0.15) is 0 Å². The van der Waals surface area contributed by atoms with Crippen molar-refractivity contribution in [3.8, 4) is 0 Å². The van der Waals surface area contributed by atoms with Gasteiger partial charge in [0.1, 0.15) is 5.78 Å². The monoisotopic (exact) mass is 241 g/mol. The van der Waals surface area contributed by atoms with E-state index in [0.29, 0.717) is 0 Å². The van der Waals surface area contributed by atoms with Crippen molar-refractivity contribution in [2.24, 2.45) is 0 Å². The number of Topliss-reactive ketones (excluding diaryl/α,β-unsaturated/α-hetero) is 1. The van der Waals surface area contributed by atoms with Gasteiger partial charge in [-0.25, -0.2) is 0 Å². The highest BCUT2D eigenvalue weighted by molar-refractivity contribution is 14.1. The van der Waals surface area contributed by atoms with E-state index in [4.69, 9.17) is 0 Å². The highest BCUT2D eigenvalue weighted by Crippen LogP contribution is 1.98. The zero-order valence-electron chi connectivity index (χ0n) is 5.78. The Morgan fingerprint density at radius 2 is 2.33 bits per heavy atom. The minimum Gasteiger partial charge on any atom is -0.298 e. The molecule has 0 aromatic carbocycles. The summed E-state index contributed by atoms with van der Waals surface area (Å²) in [5, 5.41) is 0. The van der Waals surface area contributed by atoms with Crippen LogP contribution in [0.25, 0.3) is 0 Å². The highest BCUT2D eigenvalue weighted by Gasteiger charge is 2.08. The first-order chi connectivity index (χ1) is 4.22. The standard InChI is InChI=1S/C6H12INO/c1-3-4-6(8-7)5(2)9/h6,8H,3-4H2,1-2H3. The second kappa shape index (κ2) is 5.17. The Balaban J connectivity index is 3.54. The molecule has 0 aliphatic rings. The van der Waals surface area contributed by atoms with Crippen LogP contribution in [-0.2, 0) is 4.79 Å². The Morgan fingerprint density at radius 3 is 2.44 bits per heavy atom. The molecule has 1 atom stereocenters. The predicted molar refractivity (Wildman–Crippen MR) is 46.5 cm³/mol. The van der Waals surface area contributed by atoms with Crippen LogP contribution in [0.5, 0.6) is 0 Å². The molecule has 0 saturated carbocycles. The Bertz CT molecular complexity index is 95.1. The Labute approximate surface area is 69.9 Å². The van der Waals surface area contributed by atoms with Gasteiger partial charge < -0.3 is 0 Å². The van der Waals surface area contributed by atoms with Crippen molar-refractivity contribution in [1.29, 1.82) is 0 Å². The van der Waals surface area contributed by atoms with Crippen LogP contribution in [0.2, 0.25) is 0 Å². The summed E-state index contributed by atoms with van der Waals surface area (Å²) < 4.78 is 2.92. The molecule has 2 nitrogen and oxygen atoms in total. The average molecular weight is 241 g/mol. The van der Waals surface area contributed by atoms with E-state index in [1.807, 2.05) is 22.9 Å². The van der Waals surface area contributed by atoms with Crippen LogP contribution in [0.3, 0.4) is 0 Å². The molecule has 3 heteroatoms. The average Bonchev–Trinajstić information content (AvgIpc) is 1.82. The molecule has 0 bridgehead atoms. The van der Waals surface area contributed by atoms with E-state index in [1.165, 1.54) is 0 Å². The quantitative estimate of drug-likeness (QED) is 0.599. The minimum atomic E-state index is 0.0654. The van der Waals surface area contributed by atoms with Crippen LogP contribution < -0.4 is 3.53 Å². The second-order valence-corrected chi connectivity index (χ2v) is 2.68.